The van der Waals surface area contributed by atoms with Crippen LogP contribution in [0.25, 0.3) is 0 Å². The molecular formula is C10H17NO2S. The smallest absolute Gasteiger partial charge is 0.150 e. The summed E-state index contributed by atoms with van der Waals surface area (Å²) < 4.78 is 22.9. The minimum absolute atomic E-state index is 0.468. The molecule has 0 radical (unpaired) electrons. The first-order chi connectivity index (χ1) is 6.61. The second kappa shape index (κ2) is 2.73. The Morgan fingerprint density at radius 1 is 1.00 bits per heavy atom. The van der Waals surface area contributed by atoms with E-state index in [-0.39, 0.29) is 0 Å². The van der Waals surface area contributed by atoms with Crippen LogP contribution in [0.2, 0.25) is 0 Å². The molecular weight excluding hydrogens is 198 g/mol. The Bertz CT molecular complexity index is 325. The van der Waals surface area contributed by atoms with E-state index >= 15 is 0 Å². The second-order valence-electron chi connectivity index (χ2n) is 5.31. The Morgan fingerprint density at radius 2 is 1.50 bits per heavy atom. The van der Waals surface area contributed by atoms with Crippen LogP contribution in [0, 0.1) is 29.6 Å². The first-order valence-electron chi connectivity index (χ1n) is 5.51. The quantitative estimate of drug-likeness (QED) is 0.682. The number of fused-ring (bicyclic) bond motifs is 4. The van der Waals surface area contributed by atoms with E-state index in [2.05, 4.69) is 0 Å². The van der Waals surface area contributed by atoms with E-state index in [9.17, 15) is 8.42 Å². The van der Waals surface area contributed by atoms with Crippen LogP contribution in [0.4, 0.5) is 0 Å². The van der Waals surface area contributed by atoms with Gasteiger partial charge >= 0.3 is 0 Å². The van der Waals surface area contributed by atoms with E-state index in [1.54, 1.807) is 0 Å². The summed E-state index contributed by atoms with van der Waals surface area (Å²) in [7, 11) is -2.68. The van der Waals surface area contributed by atoms with E-state index in [0.717, 1.165) is 6.54 Å². The highest BCUT2D eigenvalue weighted by molar-refractivity contribution is 7.91. The number of sulfone groups is 1. The molecule has 14 heavy (non-hydrogen) atoms. The molecule has 0 aromatic rings. The molecule has 5 atom stereocenters. The lowest BCUT2D eigenvalue weighted by Gasteiger charge is -2.44. The van der Waals surface area contributed by atoms with Crippen LogP contribution in [-0.4, -0.2) is 26.5 Å². The van der Waals surface area contributed by atoms with Crippen LogP contribution in [0.5, 0.6) is 0 Å². The zero-order chi connectivity index (χ0) is 9.92. The van der Waals surface area contributed by atoms with Gasteiger partial charge in [-0.05, 0) is 49.0 Å². The van der Waals surface area contributed by atoms with E-state index in [0.29, 0.717) is 41.1 Å². The molecule has 2 N–H and O–H groups in total. The molecule has 0 bridgehead atoms. The molecule has 2 saturated carbocycles. The zero-order valence-corrected chi connectivity index (χ0v) is 9.04. The Labute approximate surface area is 85.0 Å². The van der Waals surface area contributed by atoms with Gasteiger partial charge in [0.05, 0.1) is 11.5 Å². The molecule has 1 unspecified atom stereocenters. The maximum absolute atomic E-state index is 11.4. The van der Waals surface area contributed by atoms with E-state index in [4.69, 9.17) is 5.73 Å². The predicted octanol–water partition coefficient (Wildman–Crippen LogP) is 0.262. The number of rotatable bonds is 1. The van der Waals surface area contributed by atoms with Crippen molar-refractivity contribution >= 4 is 9.84 Å². The fourth-order valence-corrected chi connectivity index (χ4v) is 6.33. The summed E-state index contributed by atoms with van der Waals surface area (Å²) >= 11 is 0. The monoisotopic (exact) mass is 215 g/mol. The third-order valence-electron chi connectivity index (χ3n) is 4.64. The summed E-state index contributed by atoms with van der Waals surface area (Å²) in [5, 5.41) is 0. The summed E-state index contributed by atoms with van der Waals surface area (Å²) in [6.07, 6.45) is 2.38. The van der Waals surface area contributed by atoms with Crippen molar-refractivity contribution < 1.29 is 8.42 Å². The average molecular weight is 215 g/mol. The Kier molecular flexibility index (Phi) is 1.78. The van der Waals surface area contributed by atoms with E-state index < -0.39 is 9.84 Å². The van der Waals surface area contributed by atoms with Gasteiger partial charge < -0.3 is 5.73 Å². The summed E-state index contributed by atoms with van der Waals surface area (Å²) in [5.74, 6) is 4.02. The first-order valence-corrected chi connectivity index (χ1v) is 7.33. The molecule has 4 heteroatoms. The first kappa shape index (κ1) is 9.16. The van der Waals surface area contributed by atoms with Gasteiger partial charge in [-0.3, -0.25) is 0 Å². The van der Waals surface area contributed by atoms with Crippen molar-refractivity contribution in [3.63, 3.8) is 0 Å². The highest BCUT2D eigenvalue weighted by Crippen LogP contribution is 2.60. The van der Waals surface area contributed by atoms with Crippen LogP contribution in [0.1, 0.15) is 12.8 Å². The summed E-state index contributed by atoms with van der Waals surface area (Å²) in [6, 6.07) is 0. The summed E-state index contributed by atoms with van der Waals surface area (Å²) in [6.45, 7) is 0.791. The molecule has 0 spiro atoms. The van der Waals surface area contributed by atoms with Gasteiger partial charge in [-0.1, -0.05) is 0 Å². The van der Waals surface area contributed by atoms with Crippen molar-refractivity contribution in [2.24, 2.45) is 35.3 Å². The van der Waals surface area contributed by atoms with Crippen LogP contribution in [0.3, 0.4) is 0 Å². The number of hydrogen-bond acceptors (Lipinski definition) is 3. The van der Waals surface area contributed by atoms with Gasteiger partial charge in [-0.25, -0.2) is 8.42 Å². The van der Waals surface area contributed by atoms with Gasteiger partial charge in [-0.2, -0.15) is 0 Å². The Morgan fingerprint density at radius 3 is 1.93 bits per heavy atom. The number of nitrogens with two attached hydrogens (primary N) is 1. The largest absolute Gasteiger partial charge is 0.330 e. The third kappa shape index (κ3) is 1.10. The molecule has 0 aromatic carbocycles. The normalized spacial score (nSPS) is 53.6. The summed E-state index contributed by atoms with van der Waals surface area (Å²) in [4.78, 5) is 0. The second-order valence-corrected chi connectivity index (χ2v) is 7.46. The van der Waals surface area contributed by atoms with Gasteiger partial charge in [0.1, 0.15) is 0 Å². The topological polar surface area (TPSA) is 60.2 Å². The lowest BCUT2D eigenvalue weighted by Crippen LogP contribution is -2.42. The molecule has 1 aliphatic heterocycles. The maximum atomic E-state index is 11.4. The van der Waals surface area contributed by atoms with Crippen molar-refractivity contribution in [3.8, 4) is 0 Å². The third-order valence-corrected chi connectivity index (χ3v) is 6.42. The van der Waals surface area contributed by atoms with Crippen molar-refractivity contribution in [2.45, 2.75) is 12.8 Å². The maximum Gasteiger partial charge on any atom is 0.150 e. The Hall–Kier alpha value is -0.0900. The standard InChI is InChI=1S/C10H17NO2S/c11-3-6-1-7-8(2-6)10-5-14(12,13)4-9(7)10/h6-10H,1-5,11H2/t6?,7-,8+,9+,10-. The molecule has 0 aromatic heterocycles. The molecule has 1 heterocycles. The fourth-order valence-electron chi connectivity index (χ4n) is 4.03. The van der Waals surface area contributed by atoms with Crippen molar-refractivity contribution in [1.82, 2.24) is 0 Å². The lowest BCUT2D eigenvalue weighted by atomic mass is 9.60. The highest BCUT2D eigenvalue weighted by Gasteiger charge is 2.59. The lowest BCUT2D eigenvalue weighted by molar-refractivity contribution is 0.0462. The van der Waals surface area contributed by atoms with Gasteiger partial charge in [0, 0.05) is 0 Å². The van der Waals surface area contributed by atoms with Crippen LogP contribution < -0.4 is 5.73 Å². The molecule has 3 aliphatic rings. The van der Waals surface area contributed by atoms with E-state index in [1.807, 2.05) is 0 Å². The number of hydrogen-bond donors (Lipinski definition) is 1. The minimum Gasteiger partial charge on any atom is -0.330 e. The fraction of sp³-hybridized carbons (Fsp3) is 1.00. The van der Waals surface area contributed by atoms with Gasteiger partial charge in [-0.15, -0.1) is 0 Å². The molecule has 0 amide bonds. The molecule has 3 fully saturated rings. The minimum atomic E-state index is -2.68. The van der Waals surface area contributed by atoms with Crippen molar-refractivity contribution in [2.75, 3.05) is 18.1 Å². The van der Waals surface area contributed by atoms with E-state index in [1.165, 1.54) is 12.8 Å². The highest BCUT2D eigenvalue weighted by atomic mass is 32.2. The molecule has 3 nitrogen and oxygen atoms in total. The van der Waals surface area contributed by atoms with Crippen molar-refractivity contribution in [1.29, 1.82) is 0 Å². The molecule has 3 rings (SSSR count). The summed E-state index contributed by atoms with van der Waals surface area (Å²) in [5.41, 5.74) is 5.67. The van der Waals surface area contributed by atoms with Gasteiger partial charge in [0.25, 0.3) is 0 Å². The average Bonchev–Trinajstić information content (AvgIpc) is 2.62. The van der Waals surface area contributed by atoms with Gasteiger partial charge in [0.15, 0.2) is 9.84 Å². The van der Waals surface area contributed by atoms with Crippen LogP contribution >= 0.6 is 0 Å². The van der Waals surface area contributed by atoms with Crippen LogP contribution in [-0.2, 0) is 9.84 Å². The molecule has 2 aliphatic carbocycles. The Balaban J connectivity index is 1.78. The van der Waals surface area contributed by atoms with Crippen LogP contribution in [0.15, 0.2) is 0 Å². The zero-order valence-electron chi connectivity index (χ0n) is 8.22. The SMILES string of the molecule is NCC1C[C@@H]2[C@H](C1)[C@H]1CS(=O)(=O)C[C@@H]21. The van der Waals surface area contributed by atoms with Crippen molar-refractivity contribution in [3.05, 3.63) is 0 Å². The predicted molar refractivity (Wildman–Crippen MR) is 54.4 cm³/mol. The molecule has 80 valence electrons. The molecule has 1 saturated heterocycles. The van der Waals surface area contributed by atoms with Gasteiger partial charge in [0.2, 0.25) is 0 Å².